The Morgan fingerprint density at radius 1 is 0.765 bits per heavy atom. The molecule has 1 fully saturated rings. The van der Waals surface area contributed by atoms with Gasteiger partial charge in [0.1, 0.15) is 36.3 Å². The lowest BCUT2D eigenvalue weighted by molar-refractivity contribution is -0.303. The molecule has 0 radical (unpaired) electrons. The number of aryl methyl sites for hydroxylation is 1. The molecular formula is C40H70FNO9. The van der Waals surface area contributed by atoms with E-state index < -0.39 is 55.6 Å². The maximum atomic E-state index is 13.1. The zero-order valence-electron chi connectivity index (χ0n) is 31.2. The Morgan fingerprint density at radius 3 is 1.86 bits per heavy atom. The lowest BCUT2D eigenvalue weighted by atomic mass is 9.98. The SMILES string of the molecule is CCCCCCCCCCCCCC[C@@H](O)[C@@H](O)[C@H](CO[C@H]1OC(CO)[C@H](O)[C@H](O)C1O)NC(=O)CCCCCCCCCc1ccc(F)cc1. The van der Waals surface area contributed by atoms with Crippen molar-refractivity contribution in [2.24, 2.45) is 0 Å². The molecule has 0 saturated carbocycles. The molecule has 1 amide bonds. The Balaban J connectivity index is 1.73. The highest BCUT2D eigenvalue weighted by Crippen LogP contribution is 2.23. The van der Waals surface area contributed by atoms with E-state index in [4.69, 9.17) is 9.47 Å². The molecule has 1 aromatic carbocycles. The second kappa shape index (κ2) is 27.8. The average Bonchev–Trinajstić information content (AvgIpc) is 3.13. The van der Waals surface area contributed by atoms with Crippen molar-refractivity contribution in [1.82, 2.24) is 5.32 Å². The largest absolute Gasteiger partial charge is 0.394 e. The second-order valence-corrected chi connectivity index (χ2v) is 14.5. The van der Waals surface area contributed by atoms with Crippen LogP contribution < -0.4 is 5.32 Å². The predicted molar refractivity (Wildman–Crippen MR) is 196 cm³/mol. The molecule has 51 heavy (non-hydrogen) atoms. The third-order valence-corrected chi connectivity index (χ3v) is 10.1. The summed E-state index contributed by atoms with van der Waals surface area (Å²) in [5.74, 6) is -0.517. The van der Waals surface area contributed by atoms with Gasteiger partial charge in [0.15, 0.2) is 6.29 Å². The standard InChI is InChI=1S/C40H70FNO9/c1-2-3-4-5-6-7-8-9-10-13-16-19-22-33(44)36(46)32(29-50-40-39(49)38(48)37(47)34(28-43)51-40)42-35(45)23-20-17-14-11-12-15-18-21-30-24-26-31(41)27-25-30/h24-27,32-34,36-40,43-44,46-49H,2-23,28-29H2,1H3,(H,42,45)/t32-,33+,34?,36-,37-,38-,39?,40-/m0/s1. The van der Waals surface area contributed by atoms with Crippen molar-refractivity contribution >= 4 is 5.91 Å². The minimum Gasteiger partial charge on any atom is -0.394 e. The number of carbonyl (C=O) groups excluding carboxylic acids is 1. The van der Waals surface area contributed by atoms with E-state index in [1.807, 2.05) is 12.1 Å². The molecule has 296 valence electrons. The molecule has 1 heterocycles. The van der Waals surface area contributed by atoms with Crippen LogP contribution >= 0.6 is 0 Å². The minimum atomic E-state index is -1.62. The Morgan fingerprint density at radius 2 is 1.29 bits per heavy atom. The predicted octanol–water partition coefficient (Wildman–Crippen LogP) is 5.60. The van der Waals surface area contributed by atoms with Crippen LogP contribution in [0.1, 0.15) is 147 Å². The van der Waals surface area contributed by atoms with Gasteiger partial charge in [-0.25, -0.2) is 4.39 Å². The molecule has 1 saturated heterocycles. The molecule has 0 bridgehead atoms. The van der Waals surface area contributed by atoms with Crippen molar-refractivity contribution in [3.8, 4) is 0 Å². The van der Waals surface area contributed by atoms with E-state index in [1.54, 1.807) is 0 Å². The van der Waals surface area contributed by atoms with E-state index in [0.717, 1.165) is 76.2 Å². The van der Waals surface area contributed by atoms with Crippen LogP contribution in [0, 0.1) is 5.82 Å². The maximum absolute atomic E-state index is 13.1. The summed E-state index contributed by atoms with van der Waals surface area (Å²) in [6, 6.07) is 5.62. The van der Waals surface area contributed by atoms with Gasteiger partial charge >= 0.3 is 0 Å². The highest BCUT2D eigenvalue weighted by Gasteiger charge is 2.44. The number of unbranched alkanes of at least 4 members (excludes halogenated alkanes) is 17. The first-order valence-corrected chi connectivity index (χ1v) is 20.0. The lowest BCUT2D eigenvalue weighted by Gasteiger charge is -2.40. The Kier molecular flexibility index (Phi) is 24.8. The number of amides is 1. The highest BCUT2D eigenvalue weighted by molar-refractivity contribution is 5.76. The quantitative estimate of drug-likeness (QED) is 0.0499. The first-order valence-electron chi connectivity index (χ1n) is 20.0. The van der Waals surface area contributed by atoms with Crippen molar-refractivity contribution in [2.75, 3.05) is 13.2 Å². The average molecular weight is 728 g/mol. The summed E-state index contributed by atoms with van der Waals surface area (Å²) in [5, 5.41) is 64.8. The number of ether oxygens (including phenoxy) is 2. The van der Waals surface area contributed by atoms with Gasteiger partial charge in [-0.2, -0.15) is 0 Å². The third kappa shape index (κ3) is 19.3. The van der Waals surface area contributed by atoms with Gasteiger partial charge in [0.25, 0.3) is 0 Å². The van der Waals surface area contributed by atoms with Gasteiger partial charge in [-0.05, 0) is 43.4 Å². The van der Waals surface area contributed by atoms with Crippen molar-refractivity contribution in [3.05, 3.63) is 35.6 Å². The van der Waals surface area contributed by atoms with Crippen molar-refractivity contribution in [3.63, 3.8) is 0 Å². The molecule has 0 spiro atoms. The zero-order chi connectivity index (χ0) is 37.3. The first-order chi connectivity index (χ1) is 24.7. The molecule has 7 N–H and O–H groups in total. The minimum absolute atomic E-state index is 0.219. The third-order valence-electron chi connectivity index (χ3n) is 10.1. The van der Waals surface area contributed by atoms with Crippen LogP contribution in [0.2, 0.25) is 0 Å². The fourth-order valence-corrected chi connectivity index (χ4v) is 6.69. The first kappa shape index (κ1) is 45.5. The highest BCUT2D eigenvalue weighted by atomic mass is 19.1. The van der Waals surface area contributed by atoms with Crippen molar-refractivity contribution in [2.45, 2.75) is 197 Å². The summed E-state index contributed by atoms with van der Waals surface area (Å²) in [7, 11) is 0. The molecule has 2 unspecified atom stereocenters. The lowest BCUT2D eigenvalue weighted by Crippen LogP contribution is -2.60. The topological polar surface area (TPSA) is 169 Å². The van der Waals surface area contributed by atoms with Crippen molar-refractivity contribution in [1.29, 1.82) is 0 Å². The summed E-state index contributed by atoms with van der Waals surface area (Å²) < 4.78 is 24.1. The smallest absolute Gasteiger partial charge is 0.220 e. The van der Waals surface area contributed by atoms with Gasteiger partial charge in [0, 0.05) is 6.42 Å². The van der Waals surface area contributed by atoms with E-state index in [9.17, 15) is 39.8 Å². The normalized spacial score (nSPS) is 22.5. The van der Waals surface area contributed by atoms with Crippen LogP contribution in [-0.2, 0) is 20.7 Å². The molecule has 1 aromatic rings. The number of aliphatic hydroxyl groups excluding tert-OH is 6. The van der Waals surface area contributed by atoms with Crippen LogP contribution in [0.15, 0.2) is 24.3 Å². The summed E-state index contributed by atoms with van der Waals surface area (Å²) in [5.41, 5.74) is 1.14. The number of benzene rings is 1. The van der Waals surface area contributed by atoms with Crippen LogP contribution in [0.4, 0.5) is 4.39 Å². The van der Waals surface area contributed by atoms with E-state index in [-0.39, 0.29) is 24.8 Å². The number of aliphatic hydroxyl groups is 6. The second-order valence-electron chi connectivity index (χ2n) is 14.5. The van der Waals surface area contributed by atoms with Gasteiger partial charge in [-0.1, -0.05) is 128 Å². The molecule has 1 aliphatic heterocycles. The van der Waals surface area contributed by atoms with Crippen LogP contribution in [-0.4, -0.2) is 98.7 Å². The Bertz CT molecular complexity index is 1000. The van der Waals surface area contributed by atoms with Crippen LogP contribution in [0.3, 0.4) is 0 Å². The molecule has 1 aliphatic rings. The summed E-state index contributed by atoms with van der Waals surface area (Å²) in [4.78, 5) is 12.9. The van der Waals surface area contributed by atoms with Gasteiger partial charge in [-0.15, -0.1) is 0 Å². The number of carbonyl (C=O) groups is 1. The number of halogens is 1. The number of rotatable bonds is 30. The summed E-state index contributed by atoms with van der Waals surface area (Å²) in [6.07, 6.45) is 12.7. The molecule has 11 heteroatoms. The van der Waals surface area contributed by atoms with Gasteiger partial charge < -0.3 is 45.4 Å². The molecular weight excluding hydrogens is 657 g/mol. The monoisotopic (exact) mass is 728 g/mol. The summed E-state index contributed by atoms with van der Waals surface area (Å²) >= 11 is 0. The van der Waals surface area contributed by atoms with Gasteiger partial charge in [0.2, 0.25) is 5.91 Å². The molecule has 0 aromatic heterocycles. The molecule has 2 rings (SSSR count). The number of hydrogen-bond acceptors (Lipinski definition) is 9. The fourth-order valence-electron chi connectivity index (χ4n) is 6.69. The number of hydrogen-bond donors (Lipinski definition) is 7. The summed E-state index contributed by atoms with van der Waals surface area (Å²) in [6.45, 7) is 1.29. The number of nitrogens with one attached hydrogen (secondary N) is 1. The van der Waals surface area contributed by atoms with E-state index in [2.05, 4.69) is 12.2 Å². The van der Waals surface area contributed by atoms with Gasteiger partial charge in [0.05, 0.1) is 25.4 Å². The van der Waals surface area contributed by atoms with E-state index in [0.29, 0.717) is 12.8 Å². The fraction of sp³-hybridized carbons (Fsp3) is 0.825. The van der Waals surface area contributed by atoms with Crippen molar-refractivity contribution < 1.29 is 49.3 Å². The zero-order valence-corrected chi connectivity index (χ0v) is 31.2. The maximum Gasteiger partial charge on any atom is 0.220 e. The molecule has 0 aliphatic carbocycles. The van der Waals surface area contributed by atoms with E-state index >= 15 is 0 Å². The Hall–Kier alpha value is -1.70. The molecule has 8 atom stereocenters. The van der Waals surface area contributed by atoms with Crippen LogP contribution in [0.25, 0.3) is 0 Å². The van der Waals surface area contributed by atoms with Crippen LogP contribution in [0.5, 0.6) is 0 Å². The molecule has 10 nitrogen and oxygen atoms in total. The van der Waals surface area contributed by atoms with E-state index in [1.165, 1.54) is 63.5 Å². The Labute approximate surface area is 306 Å². The van der Waals surface area contributed by atoms with Gasteiger partial charge in [-0.3, -0.25) is 4.79 Å².